The molecule has 31 heavy (non-hydrogen) atoms. The molecule has 1 aliphatic rings. The second-order valence-electron chi connectivity index (χ2n) is 7.33. The summed E-state index contributed by atoms with van der Waals surface area (Å²) in [6.07, 6.45) is 1.29. The molecular formula is C20H21Cl2N5O3S. The first kappa shape index (κ1) is 21.9. The second-order valence-corrected chi connectivity index (χ2v) is 10.0. The lowest BCUT2D eigenvalue weighted by Gasteiger charge is -2.31. The van der Waals surface area contributed by atoms with Gasteiger partial charge in [-0.15, -0.1) is 0 Å². The maximum absolute atomic E-state index is 13.0. The van der Waals surface area contributed by atoms with E-state index in [1.807, 2.05) is 6.07 Å². The number of nitrogens with zero attached hydrogens (tertiary/aromatic N) is 3. The van der Waals surface area contributed by atoms with E-state index >= 15 is 0 Å². The minimum atomic E-state index is -3.77. The minimum Gasteiger partial charge on any atom is -0.492 e. The van der Waals surface area contributed by atoms with Crippen LogP contribution in [0.4, 0.5) is 11.8 Å². The van der Waals surface area contributed by atoms with E-state index < -0.39 is 10.0 Å². The molecule has 0 bridgehead atoms. The number of ether oxygens (including phenoxy) is 1. The molecule has 0 atom stereocenters. The van der Waals surface area contributed by atoms with E-state index in [0.29, 0.717) is 49.2 Å². The zero-order valence-electron chi connectivity index (χ0n) is 16.5. The van der Waals surface area contributed by atoms with Gasteiger partial charge in [0.05, 0.1) is 27.6 Å². The number of aromatic nitrogens is 2. The first-order valence-corrected chi connectivity index (χ1v) is 11.9. The van der Waals surface area contributed by atoms with Crippen molar-refractivity contribution >= 4 is 55.9 Å². The monoisotopic (exact) mass is 481 g/mol. The highest BCUT2D eigenvalue weighted by Gasteiger charge is 2.32. The first-order valence-electron chi connectivity index (χ1n) is 9.66. The molecule has 0 radical (unpaired) electrons. The molecule has 8 nitrogen and oxygen atoms in total. The van der Waals surface area contributed by atoms with Gasteiger partial charge in [-0.3, -0.25) is 0 Å². The number of piperidine rings is 1. The molecular weight excluding hydrogens is 461 g/mol. The van der Waals surface area contributed by atoms with Gasteiger partial charge in [0, 0.05) is 13.1 Å². The van der Waals surface area contributed by atoms with Crippen molar-refractivity contribution in [3.63, 3.8) is 0 Å². The van der Waals surface area contributed by atoms with Crippen LogP contribution in [-0.2, 0) is 10.0 Å². The molecule has 2 heterocycles. The van der Waals surface area contributed by atoms with Crippen LogP contribution in [-0.4, -0.2) is 42.4 Å². The lowest BCUT2D eigenvalue weighted by Crippen LogP contribution is -2.39. The van der Waals surface area contributed by atoms with Gasteiger partial charge in [-0.25, -0.2) is 13.4 Å². The lowest BCUT2D eigenvalue weighted by atomic mass is 9.99. The average Bonchev–Trinajstić information content (AvgIpc) is 2.72. The van der Waals surface area contributed by atoms with E-state index in [-0.39, 0.29) is 32.6 Å². The number of sulfonamides is 1. The van der Waals surface area contributed by atoms with Crippen molar-refractivity contribution in [1.82, 2.24) is 14.3 Å². The summed E-state index contributed by atoms with van der Waals surface area (Å²) < 4.78 is 33.5. The van der Waals surface area contributed by atoms with Crippen molar-refractivity contribution in [3.8, 4) is 5.75 Å². The van der Waals surface area contributed by atoms with E-state index in [9.17, 15) is 8.42 Å². The first-order chi connectivity index (χ1) is 14.8. The number of nitrogens with two attached hydrogens (primary N) is 2. The van der Waals surface area contributed by atoms with Crippen LogP contribution in [0.15, 0.2) is 41.3 Å². The molecule has 11 heteroatoms. The van der Waals surface area contributed by atoms with Crippen molar-refractivity contribution in [3.05, 3.63) is 46.4 Å². The van der Waals surface area contributed by atoms with Crippen molar-refractivity contribution in [2.45, 2.75) is 17.7 Å². The Morgan fingerprint density at radius 1 is 1.03 bits per heavy atom. The molecule has 0 saturated carbocycles. The molecule has 164 valence electrons. The maximum Gasteiger partial charge on any atom is 0.246 e. The van der Waals surface area contributed by atoms with E-state index in [1.54, 1.807) is 18.2 Å². The number of nitrogen functional groups attached to an aromatic ring is 2. The number of rotatable bonds is 5. The Morgan fingerprint density at radius 2 is 1.68 bits per heavy atom. The molecule has 1 aromatic heterocycles. The standard InChI is InChI=1S/C20H21Cl2N5O3S/c21-13-3-1-4-14(22)18(13)31(28,29)27-9-7-12(8-10-27)11-30-16-6-2-5-15-17(16)19(23)26-20(24)25-15/h1-6,12H,7-11H2,(H4,23,24,25,26). The fourth-order valence-electron chi connectivity index (χ4n) is 3.70. The van der Waals surface area contributed by atoms with E-state index in [4.69, 9.17) is 39.4 Å². The molecule has 3 aromatic rings. The van der Waals surface area contributed by atoms with E-state index in [1.165, 1.54) is 16.4 Å². The van der Waals surface area contributed by atoms with Crippen LogP contribution in [0.5, 0.6) is 5.75 Å². The molecule has 2 aromatic carbocycles. The lowest BCUT2D eigenvalue weighted by molar-refractivity contribution is 0.186. The third kappa shape index (κ3) is 4.36. The van der Waals surface area contributed by atoms with Gasteiger partial charge in [0.15, 0.2) is 0 Å². The predicted octanol–water partition coefficient (Wildman–Crippen LogP) is 3.58. The van der Waals surface area contributed by atoms with Gasteiger partial charge >= 0.3 is 0 Å². The van der Waals surface area contributed by atoms with E-state index in [0.717, 1.165) is 0 Å². The number of anilines is 2. The minimum absolute atomic E-state index is 0.0430. The van der Waals surface area contributed by atoms with Crippen LogP contribution >= 0.6 is 23.2 Å². The fourth-order valence-corrected chi connectivity index (χ4v) is 6.26. The van der Waals surface area contributed by atoms with Gasteiger partial charge in [-0.1, -0.05) is 35.3 Å². The van der Waals surface area contributed by atoms with Crippen LogP contribution in [0.1, 0.15) is 12.8 Å². The summed E-state index contributed by atoms with van der Waals surface area (Å²) in [5.41, 5.74) is 12.3. The summed E-state index contributed by atoms with van der Waals surface area (Å²) in [5.74, 6) is 1.12. The third-order valence-electron chi connectivity index (χ3n) is 5.30. The van der Waals surface area contributed by atoms with Crippen molar-refractivity contribution in [2.24, 2.45) is 5.92 Å². The van der Waals surface area contributed by atoms with E-state index in [2.05, 4.69) is 9.97 Å². The molecule has 1 fully saturated rings. The third-order valence-corrected chi connectivity index (χ3v) is 8.15. The van der Waals surface area contributed by atoms with Crippen LogP contribution in [0.3, 0.4) is 0 Å². The highest BCUT2D eigenvalue weighted by molar-refractivity contribution is 7.89. The maximum atomic E-state index is 13.0. The smallest absolute Gasteiger partial charge is 0.246 e. The highest BCUT2D eigenvalue weighted by Crippen LogP contribution is 2.34. The zero-order valence-corrected chi connectivity index (χ0v) is 18.8. The molecule has 0 aliphatic carbocycles. The van der Waals surface area contributed by atoms with Crippen LogP contribution in [0.2, 0.25) is 10.0 Å². The summed E-state index contributed by atoms with van der Waals surface area (Å²) >= 11 is 12.2. The number of halogens is 2. The molecule has 0 unspecified atom stereocenters. The Bertz CT molecular complexity index is 1210. The van der Waals surface area contributed by atoms with Gasteiger partial charge in [0.25, 0.3) is 0 Å². The molecule has 0 amide bonds. The largest absolute Gasteiger partial charge is 0.492 e. The van der Waals surface area contributed by atoms with Gasteiger partial charge in [-0.2, -0.15) is 9.29 Å². The molecule has 0 spiro atoms. The fraction of sp³-hybridized carbons (Fsp3) is 0.300. The SMILES string of the molecule is Nc1nc(N)c2c(OCC3CCN(S(=O)(=O)c4c(Cl)cccc4Cl)CC3)cccc2n1. The van der Waals surface area contributed by atoms with Gasteiger partial charge in [0.1, 0.15) is 16.5 Å². The molecule has 4 N–H and O–H groups in total. The Morgan fingerprint density at radius 3 is 2.35 bits per heavy atom. The predicted molar refractivity (Wildman–Crippen MR) is 122 cm³/mol. The van der Waals surface area contributed by atoms with Gasteiger partial charge < -0.3 is 16.2 Å². The number of benzene rings is 2. The molecule has 4 rings (SSSR count). The van der Waals surface area contributed by atoms with Crippen molar-refractivity contribution in [1.29, 1.82) is 0 Å². The second kappa shape index (κ2) is 8.66. The van der Waals surface area contributed by atoms with Crippen molar-refractivity contribution < 1.29 is 13.2 Å². The Kier molecular flexibility index (Phi) is 6.11. The zero-order chi connectivity index (χ0) is 22.2. The number of fused-ring (bicyclic) bond motifs is 1. The Labute approximate surface area is 190 Å². The van der Waals surface area contributed by atoms with Gasteiger partial charge in [0.2, 0.25) is 16.0 Å². The Hall–Kier alpha value is -2.33. The average molecular weight is 482 g/mol. The topological polar surface area (TPSA) is 124 Å². The Balaban J connectivity index is 1.43. The normalized spacial score (nSPS) is 15.9. The number of hydrogen-bond acceptors (Lipinski definition) is 7. The van der Waals surface area contributed by atoms with Crippen LogP contribution in [0.25, 0.3) is 10.9 Å². The molecule has 1 aliphatic heterocycles. The summed E-state index contributed by atoms with van der Waals surface area (Å²) in [5, 5.41) is 0.855. The van der Waals surface area contributed by atoms with Crippen LogP contribution < -0.4 is 16.2 Å². The van der Waals surface area contributed by atoms with Crippen LogP contribution in [0, 0.1) is 5.92 Å². The summed E-state index contributed by atoms with van der Waals surface area (Å²) in [7, 11) is -3.77. The summed E-state index contributed by atoms with van der Waals surface area (Å²) in [6, 6.07) is 10.1. The number of hydrogen-bond donors (Lipinski definition) is 2. The quantitative estimate of drug-likeness (QED) is 0.570. The van der Waals surface area contributed by atoms with Crippen molar-refractivity contribution in [2.75, 3.05) is 31.2 Å². The molecule has 1 saturated heterocycles. The van der Waals surface area contributed by atoms with Gasteiger partial charge in [-0.05, 0) is 43.0 Å². The highest BCUT2D eigenvalue weighted by atomic mass is 35.5. The summed E-state index contributed by atoms with van der Waals surface area (Å²) in [6.45, 7) is 1.13. The summed E-state index contributed by atoms with van der Waals surface area (Å²) in [4.78, 5) is 8.15.